The molecule has 1 aromatic heterocycles. The maximum Gasteiger partial charge on any atom is 0.0295 e. The van der Waals surface area contributed by atoms with E-state index in [4.69, 9.17) is 0 Å². The van der Waals surface area contributed by atoms with Crippen LogP contribution in [0.25, 0.3) is 0 Å². The molecule has 2 rings (SSSR count). The van der Waals surface area contributed by atoms with E-state index in [1.165, 1.54) is 11.1 Å². The summed E-state index contributed by atoms with van der Waals surface area (Å²) < 4.78 is 3.33. The summed E-state index contributed by atoms with van der Waals surface area (Å²) >= 11 is 3.51. The lowest BCUT2D eigenvalue weighted by atomic mass is 10.1. The summed E-state index contributed by atoms with van der Waals surface area (Å²) in [4.78, 5) is 0. The van der Waals surface area contributed by atoms with Crippen molar-refractivity contribution >= 4 is 15.9 Å². The number of hydrogen-bond donors (Lipinski definition) is 1. The summed E-state index contributed by atoms with van der Waals surface area (Å²) in [5.41, 5.74) is 2.64. The molecule has 0 saturated heterocycles. The number of benzene rings is 1. The fraction of sp³-hybridized carbons (Fsp3) is 0.333. The van der Waals surface area contributed by atoms with Gasteiger partial charge in [0.1, 0.15) is 0 Å². The Morgan fingerprint density at radius 1 is 1.33 bits per heavy atom. The van der Waals surface area contributed by atoms with Crippen LogP contribution in [0.3, 0.4) is 0 Å². The molecule has 1 atom stereocenters. The van der Waals surface area contributed by atoms with Crippen LogP contribution in [0.5, 0.6) is 0 Å². The fourth-order valence-corrected chi connectivity index (χ4v) is 2.37. The zero-order valence-corrected chi connectivity index (χ0v) is 12.4. The standard InChI is InChI=1S/C15H19BrN2/c1-3-18-8-7-13(11-18)10-17-12(2)14-5-4-6-15(16)9-14/h4-9,11-12,17H,3,10H2,1-2H3. The Bertz CT molecular complexity index is 505. The number of nitrogens with one attached hydrogen (secondary N) is 1. The molecule has 0 spiro atoms. The molecule has 1 N–H and O–H groups in total. The zero-order chi connectivity index (χ0) is 13.0. The monoisotopic (exact) mass is 306 g/mol. The van der Waals surface area contributed by atoms with E-state index in [0.29, 0.717) is 6.04 Å². The number of aryl methyl sites for hydroxylation is 1. The minimum Gasteiger partial charge on any atom is -0.354 e. The molecular weight excluding hydrogens is 288 g/mol. The molecule has 0 radical (unpaired) electrons. The van der Waals surface area contributed by atoms with Crippen LogP contribution < -0.4 is 5.32 Å². The van der Waals surface area contributed by atoms with Crippen molar-refractivity contribution in [2.75, 3.05) is 0 Å². The van der Waals surface area contributed by atoms with Crippen LogP contribution in [0, 0.1) is 0 Å². The van der Waals surface area contributed by atoms with Crippen molar-refractivity contribution in [3.63, 3.8) is 0 Å². The van der Waals surface area contributed by atoms with Crippen molar-refractivity contribution in [3.8, 4) is 0 Å². The predicted octanol–water partition coefficient (Wildman–Crippen LogP) is 4.12. The van der Waals surface area contributed by atoms with Crippen LogP contribution in [-0.4, -0.2) is 4.57 Å². The topological polar surface area (TPSA) is 17.0 Å². The summed E-state index contributed by atoms with van der Waals surface area (Å²) in [7, 11) is 0. The molecule has 0 aliphatic rings. The van der Waals surface area contributed by atoms with Crippen LogP contribution >= 0.6 is 15.9 Å². The van der Waals surface area contributed by atoms with Gasteiger partial charge in [0.05, 0.1) is 0 Å². The molecule has 0 aliphatic carbocycles. The van der Waals surface area contributed by atoms with E-state index in [1.807, 2.05) is 0 Å². The molecule has 0 amide bonds. The van der Waals surface area contributed by atoms with E-state index in [9.17, 15) is 0 Å². The second-order valence-corrected chi connectivity index (χ2v) is 5.42. The van der Waals surface area contributed by atoms with Crippen molar-refractivity contribution in [2.45, 2.75) is 33.0 Å². The quantitative estimate of drug-likeness (QED) is 0.879. The first-order valence-electron chi connectivity index (χ1n) is 6.32. The van der Waals surface area contributed by atoms with E-state index >= 15 is 0 Å². The molecule has 1 aromatic carbocycles. The largest absolute Gasteiger partial charge is 0.354 e. The maximum atomic E-state index is 3.55. The second kappa shape index (κ2) is 6.21. The zero-order valence-electron chi connectivity index (χ0n) is 10.9. The second-order valence-electron chi connectivity index (χ2n) is 4.51. The van der Waals surface area contributed by atoms with Gasteiger partial charge in [-0.1, -0.05) is 28.1 Å². The highest BCUT2D eigenvalue weighted by molar-refractivity contribution is 9.10. The van der Waals surface area contributed by atoms with Gasteiger partial charge >= 0.3 is 0 Å². The fourth-order valence-electron chi connectivity index (χ4n) is 1.96. The third kappa shape index (κ3) is 3.47. The van der Waals surface area contributed by atoms with Gasteiger partial charge in [-0.2, -0.15) is 0 Å². The van der Waals surface area contributed by atoms with Gasteiger partial charge in [0, 0.05) is 36.0 Å². The minimum atomic E-state index is 0.354. The molecule has 0 saturated carbocycles. The molecule has 2 nitrogen and oxygen atoms in total. The average Bonchev–Trinajstić information content (AvgIpc) is 2.84. The van der Waals surface area contributed by atoms with Crippen molar-refractivity contribution in [2.24, 2.45) is 0 Å². The molecule has 1 heterocycles. The SMILES string of the molecule is CCn1ccc(CNC(C)c2cccc(Br)c2)c1. The lowest BCUT2D eigenvalue weighted by Gasteiger charge is -2.14. The maximum absolute atomic E-state index is 3.55. The molecule has 2 aromatic rings. The molecule has 0 aliphatic heterocycles. The number of hydrogen-bond acceptors (Lipinski definition) is 1. The first-order chi connectivity index (χ1) is 8.69. The van der Waals surface area contributed by atoms with Crippen molar-refractivity contribution in [3.05, 3.63) is 58.3 Å². The Labute approximate surface area is 117 Å². The van der Waals surface area contributed by atoms with E-state index < -0.39 is 0 Å². The molecule has 18 heavy (non-hydrogen) atoms. The number of rotatable bonds is 5. The highest BCUT2D eigenvalue weighted by Gasteiger charge is 2.05. The number of aromatic nitrogens is 1. The Morgan fingerprint density at radius 2 is 2.17 bits per heavy atom. The number of halogens is 1. The summed E-state index contributed by atoms with van der Waals surface area (Å²) in [6.07, 6.45) is 4.32. The van der Waals surface area contributed by atoms with Gasteiger partial charge in [0.15, 0.2) is 0 Å². The number of nitrogens with zero attached hydrogens (tertiary/aromatic N) is 1. The summed E-state index contributed by atoms with van der Waals surface area (Å²) in [5, 5.41) is 3.55. The van der Waals surface area contributed by atoms with Gasteiger partial charge in [-0.3, -0.25) is 0 Å². The molecule has 3 heteroatoms. The van der Waals surface area contributed by atoms with Gasteiger partial charge in [-0.05, 0) is 43.2 Å². The van der Waals surface area contributed by atoms with Crippen molar-refractivity contribution in [1.82, 2.24) is 9.88 Å². The minimum absolute atomic E-state index is 0.354. The molecular formula is C15H19BrN2. The highest BCUT2D eigenvalue weighted by Crippen LogP contribution is 2.18. The average molecular weight is 307 g/mol. The Morgan fingerprint density at radius 3 is 2.83 bits per heavy atom. The molecule has 0 bridgehead atoms. The van der Waals surface area contributed by atoms with Crippen LogP contribution in [0.15, 0.2) is 47.2 Å². The van der Waals surface area contributed by atoms with Crippen LogP contribution in [0.1, 0.15) is 31.0 Å². The smallest absolute Gasteiger partial charge is 0.0295 e. The van der Waals surface area contributed by atoms with Gasteiger partial charge in [-0.15, -0.1) is 0 Å². The summed E-state index contributed by atoms with van der Waals surface area (Å²) in [5.74, 6) is 0. The third-order valence-corrected chi connectivity index (χ3v) is 3.63. The summed E-state index contributed by atoms with van der Waals surface area (Å²) in [6.45, 7) is 6.28. The van der Waals surface area contributed by atoms with Crippen LogP contribution in [-0.2, 0) is 13.1 Å². The first kappa shape index (κ1) is 13.4. The van der Waals surface area contributed by atoms with Gasteiger partial charge in [0.2, 0.25) is 0 Å². The normalized spacial score (nSPS) is 12.6. The van der Waals surface area contributed by atoms with Gasteiger partial charge in [-0.25, -0.2) is 0 Å². The highest BCUT2D eigenvalue weighted by atomic mass is 79.9. The van der Waals surface area contributed by atoms with Gasteiger partial charge in [0.25, 0.3) is 0 Å². The van der Waals surface area contributed by atoms with E-state index in [2.05, 4.69) is 82.4 Å². The van der Waals surface area contributed by atoms with Crippen molar-refractivity contribution < 1.29 is 0 Å². The van der Waals surface area contributed by atoms with E-state index in [0.717, 1.165) is 17.6 Å². The Hall–Kier alpha value is -1.06. The van der Waals surface area contributed by atoms with Crippen LogP contribution in [0.2, 0.25) is 0 Å². The Balaban J connectivity index is 1.93. The predicted molar refractivity (Wildman–Crippen MR) is 79.5 cm³/mol. The Kier molecular flexibility index (Phi) is 4.61. The van der Waals surface area contributed by atoms with E-state index in [1.54, 1.807) is 0 Å². The van der Waals surface area contributed by atoms with Crippen molar-refractivity contribution in [1.29, 1.82) is 0 Å². The van der Waals surface area contributed by atoms with Crippen LogP contribution in [0.4, 0.5) is 0 Å². The first-order valence-corrected chi connectivity index (χ1v) is 7.12. The third-order valence-electron chi connectivity index (χ3n) is 3.14. The molecule has 1 unspecified atom stereocenters. The lowest BCUT2D eigenvalue weighted by Crippen LogP contribution is -2.17. The van der Waals surface area contributed by atoms with Gasteiger partial charge < -0.3 is 9.88 Å². The van der Waals surface area contributed by atoms with E-state index in [-0.39, 0.29) is 0 Å². The lowest BCUT2D eigenvalue weighted by molar-refractivity contribution is 0.573. The molecule has 0 fully saturated rings. The molecule has 96 valence electrons. The summed E-state index contributed by atoms with van der Waals surface area (Å²) in [6, 6.07) is 11.0.